The number of thiazole rings is 1. The number of benzene rings is 2. The quantitative estimate of drug-likeness (QED) is 0.447. The molecule has 4 nitrogen and oxygen atoms in total. The molecule has 3 aromatic rings. The molecule has 0 fully saturated rings. The fraction of sp³-hybridized carbons (Fsp3) is 0.190. The van der Waals surface area contributed by atoms with Gasteiger partial charge in [-0.15, -0.1) is 0 Å². The highest BCUT2D eigenvalue weighted by Crippen LogP contribution is 2.27. The molecule has 26 heavy (non-hydrogen) atoms. The highest BCUT2D eigenvalue weighted by atomic mass is 32.1. The monoisotopic (exact) mass is 367 g/mol. The minimum atomic E-state index is 0.669. The van der Waals surface area contributed by atoms with Crippen LogP contribution in [0.5, 0.6) is 11.5 Å². The molecule has 2 aromatic carbocycles. The summed E-state index contributed by atoms with van der Waals surface area (Å²) < 4.78 is 13.0. The molecule has 0 saturated carbocycles. The standard InChI is InChI=1S/C21H22N2O2S/c1-4-14-23-20(16-6-10-18(24-3)11-7-16)15-26-21(23)22-17-8-12-19(13-9-17)25-5-2/h4,6-13,15H,1,5,14H2,2-3H3/p+1. The van der Waals surface area contributed by atoms with Crippen LogP contribution in [-0.2, 0) is 6.54 Å². The average molecular weight is 367 g/mol. The largest absolute Gasteiger partial charge is 0.497 e. The van der Waals surface area contributed by atoms with E-state index < -0.39 is 0 Å². The van der Waals surface area contributed by atoms with Gasteiger partial charge in [-0.2, -0.15) is 0 Å². The summed E-state index contributed by atoms with van der Waals surface area (Å²) in [4.78, 5) is 0. The smallest absolute Gasteiger partial charge is 0.339 e. The second-order valence-corrected chi connectivity index (χ2v) is 6.49. The van der Waals surface area contributed by atoms with Crippen molar-refractivity contribution in [2.45, 2.75) is 13.5 Å². The van der Waals surface area contributed by atoms with Crippen molar-refractivity contribution >= 4 is 22.2 Å². The number of rotatable bonds is 8. The molecule has 1 N–H and O–H groups in total. The summed E-state index contributed by atoms with van der Waals surface area (Å²) in [5, 5.41) is 6.70. The molecule has 134 valence electrons. The minimum Gasteiger partial charge on any atom is -0.497 e. The van der Waals surface area contributed by atoms with Crippen LogP contribution in [0.4, 0.5) is 10.8 Å². The average Bonchev–Trinajstić information content (AvgIpc) is 3.06. The van der Waals surface area contributed by atoms with E-state index in [9.17, 15) is 0 Å². The predicted octanol–water partition coefficient (Wildman–Crippen LogP) is 5.04. The number of anilines is 2. The van der Waals surface area contributed by atoms with Crippen LogP contribution in [0.25, 0.3) is 11.3 Å². The zero-order valence-electron chi connectivity index (χ0n) is 15.1. The van der Waals surface area contributed by atoms with Crippen molar-refractivity contribution in [2.24, 2.45) is 0 Å². The summed E-state index contributed by atoms with van der Waals surface area (Å²) in [5.41, 5.74) is 3.31. The van der Waals surface area contributed by atoms with Gasteiger partial charge in [0.1, 0.15) is 29.4 Å². The highest BCUT2D eigenvalue weighted by molar-refractivity contribution is 7.13. The Hall–Kier alpha value is -2.79. The first kappa shape index (κ1) is 18.0. The fourth-order valence-electron chi connectivity index (χ4n) is 2.67. The minimum absolute atomic E-state index is 0.669. The lowest BCUT2D eigenvalue weighted by Crippen LogP contribution is -2.35. The molecule has 0 bridgehead atoms. The number of methoxy groups -OCH3 is 1. The number of nitrogens with zero attached hydrogens (tertiary/aromatic N) is 1. The van der Waals surface area contributed by atoms with Crippen LogP contribution in [0.1, 0.15) is 6.92 Å². The second-order valence-electron chi connectivity index (χ2n) is 5.64. The molecule has 1 heterocycles. The van der Waals surface area contributed by atoms with Gasteiger partial charge in [0.2, 0.25) is 0 Å². The van der Waals surface area contributed by atoms with Gasteiger partial charge in [0.05, 0.1) is 13.7 Å². The first-order valence-electron chi connectivity index (χ1n) is 8.51. The Morgan fingerprint density at radius 3 is 2.38 bits per heavy atom. The van der Waals surface area contributed by atoms with Crippen molar-refractivity contribution in [2.75, 3.05) is 19.0 Å². The first-order valence-corrected chi connectivity index (χ1v) is 9.39. The SMILES string of the molecule is C=CC[n+]1c(-c2ccc(OC)cc2)csc1Nc1ccc(OCC)cc1. The van der Waals surface area contributed by atoms with Crippen LogP contribution < -0.4 is 19.4 Å². The maximum absolute atomic E-state index is 5.50. The van der Waals surface area contributed by atoms with E-state index in [4.69, 9.17) is 9.47 Å². The van der Waals surface area contributed by atoms with Gasteiger partial charge in [0.15, 0.2) is 0 Å². The lowest BCUT2D eigenvalue weighted by atomic mass is 10.1. The van der Waals surface area contributed by atoms with Crippen LogP contribution in [0.2, 0.25) is 0 Å². The van der Waals surface area contributed by atoms with Crippen molar-refractivity contribution in [3.05, 3.63) is 66.6 Å². The first-order chi connectivity index (χ1) is 12.7. The third kappa shape index (κ3) is 4.06. The van der Waals surface area contributed by atoms with E-state index in [-0.39, 0.29) is 0 Å². The van der Waals surface area contributed by atoms with Crippen molar-refractivity contribution in [3.8, 4) is 22.8 Å². The third-order valence-electron chi connectivity index (χ3n) is 3.93. The number of nitrogens with one attached hydrogen (secondary N) is 1. The topological polar surface area (TPSA) is 34.4 Å². The van der Waals surface area contributed by atoms with E-state index in [1.54, 1.807) is 18.4 Å². The molecular weight excluding hydrogens is 344 g/mol. The maximum atomic E-state index is 5.50. The number of hydrogen-bond acceptors (Lipinski definition) is 4. The van der Waals surface area contributed by atoms with Crippen LogP contribution in [-0.4, -0.2) is 13.7 Å². The summed E-state index contributed by atoms with van der Waals surface area (Å²) in [6.07, 6.45) is 1.91. The van der Waals surface area contributed by atoms with Crippen LogP contribution in [0.15, 0.2) is 66.6 Å². The number of allylic oxidation sites excluding steroid dienone is 1. The molecule has 0 amide bonds. The van der Waals surface area contributed by atoms with Crippen molar-refractivity contribution < 1.29 is 14.0 Å². The Morgan fingerprint density at radius 1 is 1.08 bits per heavy atom. The molecule has 0 aliphatic rings. The Kier molecular flexibility index (Phi) is 5.92. The van der Waals surface area contributed by atoms with Crippen molar-refractivity contribution in [1.82, 2.24) is 0 Å². The van der Waals surface area contributed by atoms with Crippen molar-refractivity contribution in [3.63, 3.8) is 0 Å². The van der Waals surface area contributed by atoms with Crippen LogP contribution in [0, 0.1) is 0 Å². The summed E-state index contributed by atoms with van der Waals surface area (Å²) in [7, 11) is 1.68. The van der Waals surface area contributed by atoms with Gasteiger partial charge in [-0.3, -0.25) is 0 Å². The van der Waals surface area contributed by atoms with E-state index in [1.165, 1.54) is 0 Å². The maximum Gasteiger partial charge on any atom is 0.339 e. The summed E-state index contributed by atoms with van der Waals surface area (Å²) in [6, 6.07) is 16.1. The van der Waals surface area contributed by atoms with E-state index >= 15 is 0 Å². The molecule has 0 aliphatic heterocycles. The summed E-state index contributed by atoms with van der Waals surface area (Å²) in [5.74, 6) is 1.73. The normalized spacial score (nSPS) is 10.4. The molecular formula is C21H23N2O2S+. The molecule has 0 spiro atoms. The number of aromatic nitrogens is 1. The molecule has 1 aromatic heterocycles. The van der Waals surface area contributed by atoms with Crippen LogP contribution in [0.3, 0.4) is 0 Å². The van der Waals surface area contributed by atoms with E-state index in [0.717, 1.165) is 40.1 Å². The van der Waals surface area contributed by atoms with Gasteiger partial charge in [-0.05, 0) is 55.5 Å². The Bertz CT molecular complexity index is 855. The molecule has 0 radical (unpaired) electrons. The zero-order chi connectivity index (χ0) is 18.4. The van der Waals surface area contributed by atoms with Gasteiger partial charge in [-0.25, -0.2) is 9.88 Å². The predicted molar refractivity (Wildman–Crippen MR) is 108 cm³/mol. The number of ether oxygens (including phenoxy) is 2. The Morgan fingerprint density at radius 2 is 1.77 bits per heavy atom. The Labute approximate surface area is 158 Å². The lowest BCUT2D eigenvalue weighted by molar-refractivity contribution is -0.657. The Balaban J connectivity index is 1.87. The van der Waals surface area contributed by atoms with E-state index in [1.807, 2.05) is 49.4 Å². The van der Waals surface area contributed by atoms with E-state index in [2.05, 4.69) is 34.0 Å². The van der Waals surface area contributed by atoms with Crippen LogP contribution >= 0.6 is 11.3 Å². The molecule has 5 heteroatoms. The van der Waals surface area contributed by atoms with Gasteiger partial charge >= 0.3 is 5.13 Å². The molecule has 0 saturated heterocycles. The van der Waals surface area contributed by atoms with Gasteiger partial charge < -0.3 is 9.47 Å². The van der Waals surface area contributed by atoms with Gasteiger partial charge in [-0.1, -0.05) is 24.0 Å². The van der Waals surface area contributed by atoms with Gasteiger partial charge in [0, 0.05) is 10.9 Å². The highest BCUT2D eigenvalue weighted by Gasteiger charge is 2.18. The summed E-state index contributed by atoms with van der Waals surface area (Å²) >= 11 is 1.67. The van der Waals surface area contributed by atoms with Gasteiger partial charge in [0.25, 0.3) is 0 Å². The molecule has 0 aliphatic carbocycles. The molecule has 3 rings (SSSR count). The third-order valence-corrected chi connectivity index (χ3v) is 4.82. The number of hydrogen-bond donors (Lipinski definition) is 1. The van der Waals surface area contributed by atoms with Crippen molar-refractivity contribution in [1.29, 1.82) is 0 Å². The molecule has 0 unspecified atom stereocenters. The van der Waals surface area contributed by atoms with E-state index in [0.29, 0.717) is 6.61 Å². The molecule has 0 atom stereocenters. The lowest BCUT2D eigenvalue weighted by Gasteiger charge is -2.06. The summed E-state index contributed by atoms with van der Waals surface area (Å²) in [6.45, 7) is 7.28. The fourth-order valence-corrected chi connectivity index (χ4v) is 3.63. The second kappa shape index (κ2) is 8.54. The zero-order valence-corrected chi connectivity index (χ0v) is 15.9.